The van der Waals surface area contributed by atoms with Gasteiger partial charge >= 0.3 is 0 Å². The maximum Gasteiger partial charge on any atom is 0.234 e. The number of methoxy groups -OCH3 is 1. The van der Waals surface area contributed by atoms with Crippen LogP contribution in [0.25, 0.3) is 0 Å². The van der Waals surface area contributed by atoms with Crippen molar-refractivity contribution in [2.75, 3.05) is 27.2 Å². The Bertz CT molecular complexity index is 500. The summed E-state index contributed by atoms with van der Waals surface area (Å²) in [4.78, 5) is 13.3. The molecular weight excluding hydrogens is 261 g/mol. The summed E-state index contributed by atoms with van der Waals surface area (Å²) in [6.07, 6.45) is 0.291. The number of nitrogens with one attached hydrogen (secondary N) is 1. The fraction of sp³-hybridized carbons (Fsp3) is 0.429. The number of carbonyl (C=O) groups is 1. The fourth-order valence-corrected chi connectivity index (χ4v) is 1.73. The maximum absolute atomic E-state index is 13.5. The van der Waals surface area contributed by atoms with Crippen molar-refractivity contribution in [2.45, 2.75) is 13.0 Å². The van der Waals surface area contributed by atoms with E-state index in [-0.39, 0.29) is 18.2 Å². The molecule has 1 aromatic carbocycles. The first kappa shape index (κ1) is 15.9. The summed E-state index contributed by atoms with van der Waals surface area (Å²) in [7, 11) is 3.18. The first-order valence-electron chi connectivity index (χ1n) is 6.21. The van der Waals surface area contributed by atoms with Gasteiger partial charge in [-0.2, -0.15) is 5.26 Å². The Morgan fingerprint density at radius 2 is 2.30 bits per heavy atom. The number of amides is 1. The molecular formula is C14H18FN3O2. The third-order valence-electron chi connectivity index (χ3n) is 2.64. The van der Waals surface area contributed by atoms with Crippen LogP contribution in [-0.4, -0.2) is 38.1 Å². The second-order valence-corrected chi connectivity index (χ2v) is 4.40. The summed E-state index contributed by atoms with van der Waals surface area (Å²) in [6, 6.07) is 6.66. The average Bonchev–Trinajstić information content (AvgIpc) is 2.39. The minimum Gasteiger partial charge on any atom is -0.494 e. The lowest BCUT2D eigenvalue weighted by Crippen LogP contribution is -2.35. The third kappa shape index (κ3) is 5.24. The molecule has 1 aromatic rings. The third-order valence-corrected chi connectivity index (χ3v) is 2.64. The molecule has 108 valence electrons. The number of hydrogen-bond donors (Lipinski definition) is 1. The van der Waals surface area contributed by atoms with Crippen molar-refractivity contribution < 1.29 is 13.9 Å². The van der Waals surface area contributed by atoms with Crippen molar-refractivity contribution in [3.8, 4) is 11.8 Å². The van der Waals surface area contributed by atoms with Gasteiger partial charge in [0.25, 0.3) is 0 Å². The van der Waals surface area contributed by atoms with Crippen LogP contribution in [0.15, 0.2) is 18.2 Å². The standard InChI is InChI=1S/C14H18FN3O2/c1-18(10-14(19)17-7-3-6-16)9-11-4-5-13(20-2)12(15)8-11/h4-5,8H,3,7,9-10H2,1-2H3,(H,17,19). The molecule has 0 aliphatic rings. The molecule has 1 rings (SSSR count). The molecule has 0 aliphatic carbocycles. The van der Waals surface area contributed by atoms with Crippen molar-refractivity contribution in [3.63, 3.8) is 0 Å². The van der Waals surface area contributed by atoms with Crippen LogP contribution in [0.5, 0.6) is 5.75 Å². The molecule has 0 spiro atoms. The van der Waals surface area contributed by atoms with Crippen molar-refractivity contribution in [1.29, 1.82) is 5.26 Å². The molecule has 5 nitrogen and oxygen atoms in total. The van der Waals surface area contributed by atoms with Crippen LogP contribution in [0, 0.1) is 17.1 Å². The summed E-state index contributed by atoms with van der Waals surface area (Å²) < 4.78 is 18.4. The van der Waals surface area contributed by atoms with Gasteiger partial charge in [0.2, 0.25) is 5.91 Å². The molecule has 20 heavy (non-hydrogen) atoms. The molecule has 0 aliphatic heterocycles. The highest BCUT2D eigenvalue weighted by Gasteiger charge is 2.09. The van der Waals surface area contributed by atoms with Gasteiger partial charge in [0.1, 0.15) is 0 Å². The highest BCUT2D eigenvalue weighted by molar-refractivity contribution is 5.77. The zero-order valence-electron chi connectivity index (χ0n) is 11.6. The molecule has 6 heteroatoms. The largest absolute Gasteiger partial charge is 0.494 e. The van der Waals surface area contributed by atoms with Gasteiger partial charge in [-0.1, -0.05) is 6.07 Å². The molecule has 1 amide bonds. The molecule has 0 fully saturated rings. The van der Waals surface area contributed by atoms with E-state index in [9.17, 15) is 9.18 Å². The monoisotopic (exact) mass is 279 g/mol. The lowest BCUT2D eigenvalue weighted by Gasteiger charge is -2.16. The molecule has 0 radical (unpaired) electrons. The van der Waals surface area contributed by atoms with Gasteiger partial charge in [0, 0.05) is 13.1 Å². The van der Waals surface area contributed by atoms with Crippen LogP contribution in [0.4, 0.5) is 4.39 Å². The van der Waals surface area contributed by atoms with E-state index >= 15 is 0 Å². The van der Waals surface area contributed by atoms with Crippen LogP contribution < -0.4 is 10.1 Å². The van der Waals surface area contributed by atoms with Crippen molar-refractivity contribution >= 4 is 5.91 Å². The average molecular weight is 279 g/mol. The minimum absolute atomic E-state index is 0.156. The predicted molar refractivity (Wildman–Crippen MR) is 72.5 cm³/mol. The minimum atomic E-state index is -0.420. The summed E-state index contributed by atoms with van der Waals surface area (Å²) in [5.74, 6) is -0.376. The van der Waals surface area contributed by atoms with Gasteiger partial charge < -0.3 is 10.1 Å². The van der Waals surface area contributed by atoms with E-state index in [0.717, 1.165) is 5.56 Å². The number of rotatable bonds is 7. The van der Waals surface area contributed by atoms with Gasteiger partial charge in [0.15, 0.2) is 11.6 Å². The summed E-state index contributed by atoms with van der Waals surface area (Å²) in [5, 5.41) is 11.0. The van der Waals surface area contributed by atoms with E-state index < -0.39 is 5.82 Å². The molecule has 1 N–H and O–H groups in total. The summed E-state index contributed by atoms with van der Waals surface area (Å²) in [5.41, 5.74) is 0.760. The number of hydrogen-bond acceptors (Lipinski definition) is 4. The number of halogens is 1. The van der Waals surface area contributed by atoms with Gasteiger partial charge in [-0.15, -0.1) is 0 Å². The van der Waals surface area contributed by atoms with E-state index in [2.05, 4.69) is 5.32 Å². The van der Waals surface area contributed by atoms with E-state index in [1.165, 1.54) is 13.2 Å². The maximum atomic E-state index is 13.5. The zero-order valence-corrected chi connectivity index (χ0v) is 11.6. The highest BCUT2D eigenvalue weighted by Crippen LogP contribution is 2.18. The van der Waals surface area contributed by atoms with Gasteiger partial charge in [-0.3, -0.25) is 9.69 Å². The smallest absolute Gasteiger partial charge is 0.234 e. The lowest BCUT2D eigenvalue weighted by atomic mass is 10.2. The Labute approximate surface area is 117 Å². The van der Waals surface area contributed by atoms with Gasteiger partial charge in [0.05, 0.1) is 26.1 Å². The number of nitriles is 1. The summed E-state index contributed by atoms with van der Waals surface area (Å²) >= 11 is 0. The Kier molecular flexibility index (Phi) is 6.47. The fourth-order valence-electron chi connectivity index (χ4n) is 1.73. The Morgan fingerprint density at radius 3 is 2.90 bits per heavy atom. The molecule has 0 saturated carbocycles. The van der Waals surface area contributed by atoms with Crippen LogP contribution in [0.2, 0.25) is 0 Å². The summed E-state index contributed by atoms with van der Waals surface area (Å²) in [6.45, 7) is 0.992. The SMILES string of the molecule is COc1ccc(CN(C)CC(=O)NCCC#N)cc1F. The molecule has 0 heterocycles. The lowest BCUT2D eigenvalue weighted by molar-refractivity contribution is -0.122. The Morgan fingerprint density at radius 1 is 1.55 bits per heavy atom. The topological polar surface area (TPSA) is 65.4 Å². The normalized spacial score (nSPS) is 10.2. The first-order valence-corrected chi connectivity index (χ1v) is 6.21. The number of ether oxygens (including phenoxy) is 1. The molecule has 0 aromatic heterocycles. The van der Waals surface area contributed by atoms with Crippen LogP contribution in [-0.2, 0) is 11.3 Å². The second kappa shape index (κ2) is 8.12. The van der Waals surface area contributed by atoms with Crippen molar-refractivity contribution in [2.24, 2.45) is 0 Å². The van der Waals surface area contributed by atoms with E-state index in [1.54, 1.807) is 24.1 Å². The number of carbonyl (C=O) groups excluding carboxylic acids is 1. The quantitative estimate of drug-likeness (QED) is 0.764. The van der Waals surface area contributed by atoms with Crippen LogP contribution in [0.3, 0.4) is 0 Å². The Hall–Kier alpha value is -2.13. The first-order chi connectivity index (χ1) is 9.56. The molecule has 0 atom stereocenters. The van der Waals surface area contributed by atoms with E-state index in [1.807, 2.05) is 6.07 Å². The van der Waals surface area contributed by atoms with Crippen LogP contribution in [0.1, 0.15) is 12.0 Å². The number of nitrogens with zero attached hydrogens (tertiary/aromatic N) is 2. The van der Waals surface area contributed by atoms with Gasteiger partial charge in [-0.25, -0.2) is 4.39 Å². The Balaban J connectivity index is 2.46. The van der Waals surface area contributed by atoms with Crippen LogP contribution >= 0.6 is 0 Å². The number of benzene rings is 1. The predicted octanol–water partition coefficient (Wildman–Crippen LogP) is 1.30. The molecule has 0 saturated heterocycles. The van der Waals surface area contributed by atoms with Gasteiger partial charge in [-0.05, 0) is 24.7 Å². The number of likely N-dealkylation sites (N-methyl/N-ethyl adjacent to an activating group) is 1. The molecule has 0 unspecified atom stereocenters. The van der Waals surface area contributed by atoms with E-state index in [4.69, 9.17) is 10.00 Å². The highest BCUT2D eigenvalue weighted by atomic mass is 19.1. The van der Waals surface area contributed by atoms with E-state index in [0.29, 0.717) is 19.5 Å². The van der Waals surface area contributed by atoms with Crippen molar-refractivity contribution in [3.05, 3.63) is 29.6 Å². The molecule has 0 bridgehead atoms. The zero-order chi connectivity index (χ0) is 15.0. The second-order valence-electron chi connectivity index (χ2n) is 4.40. The van der Waals surface area contributed by atoms with Crippen molar-refractivity contribution in [1.82, 2.24) is 10.2 Å².